The highest BCUT2D eigenvalue weighted by molar-refractivity contribution is 7.22. The van der Waals surface area contributed by atoms with Gasteiger partial charge >= 0.3 is 0 Å². The number of carbonyl (C=O) groups is 1. The van der Waals surface area contributed by atoms with Crippen molar-refractivity contribution in [3.05, 3.63) is 59.2 Å². The van der Waals surface area contributed by atoms with Gasteiger partial charge < -0.3 is 0 Å². The average molecular weight is 323 g/mol. The largest absolute Gasteiger partial charge is 0.273 e. The van der Waals surface area contributed by atoms with Gasteiger partial charge in [-0.25, -0.2) is 4.98 Å². The van der Waals surface area contributed by atoms with Gasteiger partial charge in [0.15, 0.2) is 0 Å². The molecule has 0 saturated heterocycles. The van der Waals surface area contributed by atoms with Crippen LogP contribution < -0.4 is 5.01 Å². The van der Waals surface area contributed by atoms with Crippen molar-refractivity contribution >= 4 is 38.8 Å². The lowest BCUT2D eigenvalue weighted by Gasteiger charge is -2.10. The summed E-state index contributed by atoms with van der Waals surface area (Å²) in [4.78, 5) is 16.5. The van der Waals surface area contributed by atoms with Crippen molar-refractivity contribution in [3.8, 4) is 0 Å². The summed E-state index contributed by atoms with van der Waals surface area (Å²) >= 11 is 1.47. The minimum atomic E-state index is -0.163. The van der Waals surface area contributed by atoms with E-state index in [1.54, 1.807) is 6.21 Å². The zero-order valence-electron chi connectivity index (χ0n) is 13.3. The second-order valence-electron chi connectivity index (χ2n) is 5.45. The third kappa shape index (κ3) is 3.46. The molecule has 5 heteroatoms. The number of aryl methyl sites for hydroxylation is 2. The molecule has 3 aromatic rings. The molecule has 1 aromatic heterocycles. The smallest absolute Gasteiger partial charge is 0.246 e. The molecular formula is C18H17N3OS. The van der Waals surface area contributed by atoms with Gasteiger partial charge in [-0.3, -0.25) is 4.79 Å². The van der Waals surface area contributed by atoms with Gasteiger partial charge in [0.2, 0.25) is 11.0 Å². The summed E-state index contributed by atoms with van der Waals surface area (Å²) in [7, 11) is 0. The number of rotatable bonds is 3. The molecule has 116 valence electrons. The molecule has 23 heavy (non-hydrogen) atoms. The van der Waals surface area contributed by atoms with E-state index in [0.29, 0.717) is 5.13 Å². The van der Waals surface area contributed by atoms with E-state index < -0.39 is 0 Å². The summed E-state index contributed by atoms with van der Waals surface area (Å²) in [6, 6.07) is 14.0. The molecule has 4 nitrogen and oxygen atoms in total. The monoisotopic (exact) mass is 323 g/mol. The second kappa shape index (κ2) is 6.30. The number of hydrogen-bond acceptors (Lipinski definition) is 4. The first-order chi connectivity index (χ1) is 11.0. The van der Waals surface area contributed by atoms with Gasteiger partial charge in [0, 0.05) is 6.92 Å². The highest BCUT2D eigenvalue weighted by Gasteiger charge is 2.15. The highest BCUT2D eigenvalue weighted by Crippen LogP contribution is 2.29. The third-order valence-electron chi connectivity index (χ3n) is 3.41. The Morgan fingerprint density at radius 3 is 2.52 bits per heavy atom. The van der Waals surface area contributed by atoms with Crippen molar-refractivity contribution in [2.75, 3.05) is 5.01 Å². The maximum Gasteiger partial charge on any atom is 0.246 e. The molecule has 0 saturated carbocycles. The lowest BCUT2D eigenvalue weighted by atomic mass is 10.2. The van der Waals surface area contributed by atoms with E-state index in [1.165, 1.54) is 34.4 Å². The van der Waals surface area contributed by atoms with Crippen molar-refractivity contribution in [1.29, 1.82) is 0 Å². The molecule has 0 N–H and O–H groups in total. The van der Waals surface area contributed by atoms with Crippen molar-refractivity contribution in [2.24, 2.45) is 5.10 Å². The molecule has 0 radical (unpaired) electrons. The molecule has 0 bridgehead atoms. The Labute approximate surface area is 139 Å². The summed E-state index contributed by atoms with van der Waals surface area (Å²) in [5.74, 6) is -0.163. The number of aromatic nitrogens is 1. The zero-order chi connectivity index (χ0) is 16.4. The predicted octanol–water partition coefficient (Wildman–Crippen LogP) is 4.30. The predicted molar refractivity (Wildman–Crippen MR) is 96.3 cm³/mol. The number of benzene rings is 2. The van der Waals surface area contributed by atoms with Crippen LogP contribution in [0.5, 0.6) is 0 Å². The van der Waals surface area contributed by atoms with Crippen LogP contribution in [0.1, 0.15) is 23.6 Å². The van der Waals surface area contributed by atoms with Gasteiger partial charge in [-0.2, -0.15) is 10.1 Å². The van der Waals surface area contributed by atoms with Gasteiger partial charge in [-0.05, 0) is 37.1 Å². The van der Waals surface area contributed by atoms with E-state index in [4.69, 9.17) is 0 Å². The first-order valence-electron chi connectivity index (χ1n) is 7.31. The summed E-state index contributed by atoms with van der Waals surface area (Å²) in [5.41, 5.74) is 4.18. The summed E-state index contributed by atoms with van der Waals surface area (Å²) in [6.07, 6.45) is 1.68. The van der Waals surface area contributed by atoms with Gasteiger partial charge in [0.25, 0.3) is 0 Å². The van der Waals surface area contributed by atoms with Crippen molar-refractivity contribution in [3.63, 3.8) is 0 Å². The molecule has 0 aliphatic carbocycles. The number of anilines is 1. The number of hydrogen-bond donors (Lipinski definition) is 0. The second-order valence-corrected chi connectivity index (χ2v) is 6.46. The molecule has 0 aliphatic heterocycles. The van der Waals surface area contributed by atoms with Crippen LogP contribution in [0.15, 0.2) is 47.6 Å². The SMILES string of the molecule is CC(=O)N(/N=C/c1ccc(C)cc1)c1nc2ccc(C)cc2s1. The van der Waals surface area contributed by atoms with Crippen LogP contribution >= 0.6 is 11.3 Å². The Morgan fingerprint density at radius 1 is 1.13 bits per heavy atom. The topological polar surface area (TPSA) is 45.6 Å². The summed E-state index contributed by atoms with van der Waals surface area (Å²) in [6.45, 7) is 5.56. The van der Waals surface area contributed by atoms with Crippen LogP contribution in [0.25, 0.3) is 10.2 Å². The van der Waals surface area contributed by atoms with Crippen molar-refractivity contribution in [2.45, 2.75) is 20.8 Å². The number of hydrazone groups is 1. The fraction of sp³-hybridized carbons (Fsp3) is 0.167. The van der Waals surface area contributed by atoms with Gasteiger partial charge in [0.1, 0.15) is 0 Å². The normalized spacial score (nSPS) is 11.3. The molecule has 1 amide bonds. The molecule has 3 rings (SSSR count). The lowest BCUT2D eigenvalue weighted by Crippen LogP contribution is -2.22. The Bertz CT molecular complexity index is 881. The van der Waals surface area contributed by atoms with Crippen LogP contribution in [0, 0.1) is 13.8 Å². The van der Waals surface area contributed by atoms with E-state index in [1.807, 2.05) is 50.2 Å². The summed E-state index contributed by atoms with van der Waals surface area (Å²) < 4.78 is 1.05. The Balaban J connectivity index is 1.93. The zero-order valence-corrected chi connectivity index (χ0v) is 14.1. The molecule has 2 aromatic carbocycles. The quantitative estimate of drug-likeness (QED) is 0.533. The Kier molecular flexibility index (Phi) is 4.21. The number of fused-ring (bicyclic) bond motifs is 1. The molecule has 0 atom stereocenters. The van der Waals surface area contributed by atoms with E-state index in [9.17, 15) is 4.79 Å². The molecule has 0 fully saturated rings. The van der Waals surface area contributed by atoms with Crippen LogP contribution in [0.3, 0.4) is 0 Å². The lowest BCUT2D eigenvalue weighted by molar-refractivity contribution is -0.116. The van der Waals surface area contributed by atoms with Crippen LogP contribution in [0.4, 0.5) is 5.13 Å². The highest BCUT2D eigenvalue weighted by atomic mass is 32.1. The van der Waals surface area contributed by atoms with E-state index in [2.05, 4.69) is 16.2 Å². The molecular weight excluding hydrogens is 306 g/mol. The number of thiazole rings is 1. The van der Waals surface area contributed by atoms with Crippen molar-refractivity contribution < 1.29 is 4.79 Å². The fourth-order valence-corrected chi connectivity index (χ4v) is 3.22. The van der Waals surface area contributed by atoms with Gasteiger partial charge in [0.05, 0.1) is 16.4 Å². The number of amides is 1. The van der Waals surface area contributed by atoms with Crippen LogP contribution in [-0.2, 0) is 4.79 Å². The molecule has 0 unspecified atom stereocenters. The fourth-order valence-electron chi connectivity index (χ4n) is 2.15. The third-order valence-corrected chi connectivity index (χ3v) is 4.41. The first kappa shape index (κ1) is 15.4. The Morgan fingerprint density at radius 2 is 1.83 bits per heavy atom. The van der Waals surface area contributed by atoms with Gasteiger partial charge in [-0.15, -0.1) is 0 Å². The molecule has 1 heterocycles. The van der Waals surface area contributed by atoms with Gasteiger partial charge in [-0.1, -0.05) is 47.2 Å². The number of nitrogens with zero attached hydrogens (tertiary/aromatic N) is 3. The standard InChI is InChI=1S/C18H17N3OS/c1-12-4-7-15(8-5-12)11-19-21(14(3)22)18-20-16-9-6-13(2)10-17(16)23-18/h4-11H,1-3H3/b19-11+. The maximum absolute atomic E-state index is 11.9. The van der Waals surface area contributed by atoms with E-state index in [-0.39, 0.29) is 5.91 Å². The summed E-state index contributed by atoms with van der Waals surface area (Å²) in [5, 5.41) is 6.25. The molecule has 0 spiro atoms. The first-order valence-corrected chi connectivity index (χ1v) is 8.13. The van der Waals surface area contributed by atoms with E-state index in [0.717, 1.165) is 15.8 Å². The van der Waals surface area contributed by atoms with E-state index >= 15 is 0 Å². The van der Waals surface area contributed by atoms with Crippen LogP contribution in [-0.4, -0.2) is 17.1 Å². The maximum atomic E-state index is 11.9. The van der Waals surface area contributed by atoms with Crippen LogP contribution in [0.2, 0.25) is 0 Å². The Hall–Kier alpha value is -2.53. The minimum Gasteiger partial charge on any atom is -0.273 e. The van der Waals surface area contributed by atoms with Crippen molar-refractivity contribution in [1.82, 2.24) is 4.98 Å². The number of carbonyl (C=O) groups excluding carboxylic acids is 1. The average Bonchev–Trinajstić information content (AvgIpc) is 2.91. The molecule has 0 aliphatic rings. The minimum absolute atomic E-state index is 0.163.